The molecule has 0 spiro atoms. The van der Waals surface area contributed by atoms with Gasteiger partial charge < -0.3 is 10.3 Å². The Bertz CT molecular complexity index is 728. The van der Waals surface area contributed by atoms with E-state index in [0.717, 1.165) is 33.5 Å². The van der Waals surface area contributed by atoms with Crippen LogP contribution in [0, 0.1) is 13.8 Å². The predicted molar refractivity (Wildman–Crippen MR) is 72.8 cm³/mol. The van der Waals surface area contributed by atoms with Gasteiger partial charge in [-0.2, -0.15) is 0 Å². The van der Waals surface area contributed by atoms with Crippen LogP contribution in [0.15, 0.2) is 36.9 Å². The lowest BCUT2D eigenvalue weighted by atomic mass is 10.1. The summed E-state index contributed by atoms with van der Waals surface area (Å²) in [4.78, 5) is 8.41. The van der Waals surface area contributed by atoms with E-state index in [4.69, 9.17) is 5.73 Å². The number of aromatic nitrogens is 3. The molecule has 2 heterocycles. The topological polar surface area (TPSA) is 56.7 Å². The van der Waals surface area contributed by atoms with Crippen molar-refractivity contribution in [2.75, 3.05) is 5.73 Å². The molecule has 0 radical (unpaired) electrons. The zero-order valence-corrected chi connectivity index (χ0v) is 10.4. The third-order valence-corrected chi connectivity index (χ3v) is 3.35. The van der Waals surface area contributed by atoms with Crippen LogP contribution < -0.4 is 5.73 Å². The van der Waals surface area contributed by atoms with Crippen LogP contribution in [0.3, 0.4) is 0 Å². The second kappa shape index (κ2) is 3.84. The lowest BCUT2D eigenvalue weighted by Crippen LogP contribution is -2.01. The average Bonchev–Trinajstić information content (AvgIpc) is 2.71. The van der Waals surface area contributed by atoms with Crippen LogP contribution >= 0.6 is 0 Å². The fraction of sp³-hybridized carbons (Fsp3) is 0.143. The van der Waals surface area contributed by atoms with Crippen molar-refractivity contribution in [3.63, 3.8) is 0 Å². The lowest BCUT2D eigenvalue weighted by molar-refractivity contribution is 1.01. The molecule has 0 aliphatic carbocycles. The number of nitrogen functional groups attached to an aromatic ring is 1. The maximum Gasteiger partial charge on any atom is 0.0998 e. The first kappa shape index (κ1) is 10.8. The van der Waals surface area contributed by atoms with Crippen molar-refractivity contribution in [2.24, 2.45) is 0 Å². The van der Waals surface area contributed by atoms with Gasteiger partial charge in [-0.15, -0.1) is 0 Å². The molecule has 3 rings (SSSR count). The standard InChI is InChI=1S/C14H14N4/c1-9-10(2)18(8-17-9)13-4-3-11-7-16-6-5-12(11)14(13)15/h3-8H,15H2,1-2H3. The Morgan fingerprint density at radius 3 is 2.72 bits per heavy atom. The molecule has 3 aromatic rings. The Kier molecular flexibility index (Phi) is 2.30. The van der Waals surface area contributed by atoms with Crippen molar-refractivity contribution in [1.82, 2.24) is 14.5 Å². The number of rotatable bonds is 1. The maximum absolute atomic E-state index is 6.25. The minimum Gasteiger partial charge on any atom is -0.397 e. The molecule has 90 valence electrons. The van der Waals surface area contributed by atoms with Gasteiger partial charge in [-0.25, -0.2) is 4.98 Å². The van der Waals surface area contributed by atoms with Gasteiger partial charge in [-0.05, 0) is 26.0 Å². The van der Waals surface area contributed by atoms with E-state index in [1.54, 1.807) is 6.20 Å². The minimum absolute atomic E-state index is 0.760. The SMILES string of the molecule is Cc1ncn(-c2ccc3cnccc3c2N)c1C. The Labute approximate surface area is 105 Å². The Morgan fingerprint density at radius 1 is 1.17 bits per heavy atom. The number of hydrogen-bond donors (Lipinski definition) is 1. The van der Waals surface area contributed by atoms with Crippen LogP contribution in [0.5, 0.6) is 0 Å². The molecule has 0 unspecified atom stereocenters. The first-order valence-electron chi connectivity index (χ1n) is 5.81. The number of hydrogen-bond acceptors (Lipinski definition) is 3. The molecular formula is C14H14N4. The summed E-state index contributed by atoms with van der Waals surface area (Å²) in [6, 6.07) is 5.98. The fourth-order valence-electron chi connectivity index (χ4n) is 2.13. The number of aryl methyl sites for hydroxylation is 1. The summed E-state index contributed by atoms with van der Waals surface area (Å²) in [7, 11) is 0. The number of pyridine rings is 1. The van der Waals surface area contributed by atoms with Gasteiger partial charge in [0.05, 0.1) is 23.4 Å². The molecule has 0 saturated heterocycles. The summed E-state index contributed by atoms with van der Waals surface area (Å²) in [5.74, 6) is 0. The zero-order valence-electron chi connectivity index (χ0n) is 10.4. The number of fused-ring (bicyclic) bond motifs is 1. The largest absolute Gasteiger partial charge is 0.397 e. The van der Waals surface area contributed by atoms with Crippen molar-refractivity contribution < 1.29 is 0 Å². The van der Waals surface area contributed by atoms with Gasteiger partial charge in [-0.1, -0.05) is 6.07 Å². The monoisotopic (exact) mass is 238 g/mol. The van der Waals surface area contributed by atoms with E-state index in [-0.39, 0.29) is 0 Å². The minimum atomic E-state index is 0.760. The normalized spacial score (nSPS) is 11.0. The number of benzene rings is 1. The van der Waals surface area contributed by atoms with Gasteiger partial charge in [0, 0.05) is 28.9 Å². The molecule has 0 saturated carbocycles. The van der Waals surface area contributed by atoms with Gasteiger partial charge in [0.1, 0.15) is 0 Å². The summed E-state index contributed by atoms with van der Waals surface area (Å²) in [5.41, 5.74) is 10.1. The van der Waals surface area contributed by atoms with Crippen LogP contribution in [-0.4, -0.2) is 14.5 Å². The molecule has 4 nitrogen and oxygen atoms in total. The smallest absolute Gasteiger partial charge is 0.0998 e. The van der Waals surface area contributed by atoms with Crippen LogP contribution in [0.25, 0.3) is 16.5 Å². The molecule has 2 N–H and O–H groups in total. The lowest BCUT2D eigenvalue weighted by Gasteiger charge is -2.11. The number of imidazole rings is 1. The quantitative estimate of drug-likeness (QED) is 0.663. The molecule has 0 fully saturated rings. The molecular weight excluding hydrogens is 224 g/mol. The highest BCUT2D eigenvalue weighted by Crippen LogP contribution is 2.28. The zero-order chi connectivity index (χ0) is 12.7. The van der Waals surface area contributed by atoms with E-state index in [9.17, 15) is 0 Å². The summed E-state index contributed by atoms with van der Waals surface area (Å²) in [6.45, 7) is 4.03. The number of nitrogens with two attached hydrogens (primary N) is 1. The molecule has 1 aromatic carbocycles. The van der Waals surface area contributed by atoms with E-state index in [2.05, 4.69) is 9.97 Å². The second-order valence-corrected chi connectivity index (χ2v) is 4.38. The van der Waals surface area contributed by atoms with Crippen LogP contribution in [0.1, 0.15) is 11.4 Å². The fourth-order valence-corrected chi connectivity index (χ4v) is 2.13. The number of anilines is 1. The first-order chi connectivity index (χ1) is 8.68. The van der Waals surface area contributed by atoms with Gasteiger partial charge in [-0.3, -0.25) is 4.98 Å². The second-order valence-electron chi connectivity index (χ2n) is 4.38. The molecule has 0 bridgehead atoms. The van der Waals surface area contributed by atoms with Crippen molar-refractivity contribution in [1.29, 1.82) is 0 Å². The van der Waals surface area contributed by atoms with Crippen molar-refractivity contribution in [3.8, 4) is 5.69 Å². The van der Waals surface area contributed by atoms with E-state index in [1.165, 1.54) is 0 Å². The molecule has 0 aliphatic rings. The van der Waals surface area contributed by atoms with Gasteiger partial charge in [0.2, 0.25) is 0 Å². The van der Waals surface area contributed by atoms with E-state index >= 15 is 0 Å². The summed E-state index contributed by atoms with van der Waals surface area (Å²) in [5, 5.41) is 2.07. The molecule has 2 aromatic heterocycles. The first-order valence-corrected chi connectivity index (χ1v) is 5.81. The van der Waals surface area contributed by atoms with E-state index < -0.39 is 0 Å². The highest BCUT2D eigenvalue weighted by atomic mass is 15.1. The Balaban J connectivity index is 2.31. The van der Waals surface area contributed by atoms with Gasteiger partial charge in [0.15, 0.2) is 0 Å². The van der Waals surface area contributed by atoms with E-state index in [1.807, 2.05) is 49.1 Å². The van der Waals surface area contributed by atoms with Crippen LogP contribution in [-0.2, 0) is 0 Å². The predicted octanol–water partition coefficient (Wildman–Crippen LogP) is 2.62. The van der Waals surface area contributed by atoms with Crippen molar-refractivity contribution in [2.45, 2.75) is 13.8 Å². The Hall–Kier alpha value is -2.36. The highest BCUT2D eigenvalue weighted by Gasteiger charge is 2.09. The third kappa shape index (κ3) is 1.46. The molecule has 0 aliphatic heterocycles. The molecule has 4 heteroatoms. The summed E-state index contributed by atoms with van der Waals surface area (Å²) >= 11 is 0. The van der Waals surface area contributed by atoms with Crippen LogP contribution in [0.4, 0.5) is 5.69 Å². The third-order valence-electron chi connectivity index (χ3n) is 3.35. The maximum atomic E-state index is 6.25. The van der Waals surface area contributed by atoms with Crippen LogP contribution in [0.2, 0.25) is 0 Å². The average molecular weight is 238 g/mol. The molecule has 0 atom stereocenters. The summed E-state index contributed by atoms with van der Waals surface area (Å²) < 4.78 is 2.02. The highest BCUT2D eigenvalue weighted by molar-refractivity contribution is 5.96. The van der Waals surface area contributed by atoms with E-state index in [0.29, 0.717) is 0 Å². The molecule has 0 amide bonds. The van der Waals surface area contributed by atoms with Gasteiger partial charge in [0.25, 0.3) is 0 Å². The number of nitrogens with zero attached hydrogens (tertiary/aromatic N) is 3. The van der Waals surface area contributed by atoms with Crippen molar-refractivity contribution >= 4 is 16.5 Å². The summed E-state index contributed by atoms with van der Waals surface area (Å²) in [6.07, 6.45) is 5.39. The van der Waals surface area contributed by atoms with Crippen molar-refractivity contribution in [3.05, 3.63) is 48.3 Å². The molecule has 18 heavy (non-hydrogen) atoms. The Morgan fingerprint density at radius 2 is 2.00 bits per heavy atom. The van der Waals surface area contributed by atoms with Gasteiger partial charge >= 0.3 is 0 Å².